The van der Waals surface area contributed by atoms with Gasteiger partial charge in [0.1, 0.15) is 0 Å². The third kappa shape index (κ3) is 4.72. The van der Waals surface area contributed by atoms with Crippen LogP contribution in [0.1, 0.15) is 52.0 Å². The number of amides is 1. The molecule has 1 aliphatic carbocycles. The van der Waals surface area contributed by atoms with Gasteiger partial charge in [-0.25, -0.2) is 9.48 Å². The highest BCUT2D eigenvalue weighted by Crippen LogP contribution is 2.35. The first kappa shape index (κ1) is 21.6. The molecule has 0 spiro atoms. The number of hydrogen-bond acceptors (Lipinski definition) is 4. The molecule has 1 aromatic heterocycles. The molecule has 1 N–H and O–H groups in total. The van der Waals surface area contributed by atoms with Gasteiger partial charge in [-0.2, -0.15) is 0 Å². The van der Waals surface area contributed by atoms with E-state index in [2.05, 4.69) is 18.6 Å². The van der Waals surface area contributed by atoms with Crippen molar-refractivity contribution in [3.05, 3.63) is 42.6 Å². The molecule has 160 valence electrons. The zero-order valence-corrected chi connectivity index (χ0v) is 17.7. The number of carbonyl (C=O) groups excluding carboxylic acids is 1. The van der Waals surface area contributed by atoms with Crippen molar-refractivity contribution in [2.45, 2.75) is 52.5 Å². The van der Waals surface area contributed by atoms with Gasteiger partial charge in [-0.15, -0.1) is 5.10 Å². The van der Waals surface area contributed by atoms with Crippen LogP contribution in [0.4, 0.5) is 10.6 Å². The summed E-state index contributed by atoms with van der Waals surface area (Å²) in [5.74, 6) is 0.785. The molecule has 3 rings (SSSR count). The summed E-state index contributed by atoms with van der Waals surface area (Å²) in [6, 6.07) is 7.27. The van der Waals surface area contributed by atoms with E-state index in [9.17, 15) is 14.7 Å². The summed E-state index contributed by atoms with van der Waals surface area (Å²) < 4.78 is 6.54. The molecule has 0 bridgehead atoms. The smallest absolute Gasteiger partial charge is 0.449 e. The fraction of sp³-hybridized carbons (Fsp3) is 0.435. The number of hydrogen-bond donors (Lipinski definition) is 1. The Kier molecular flexibility index (Phi) is 6.59. The van der Waals surface area contributed by atoms with Crippen molar-refractivity contribution in [2.24, 2.45) is 11.8 Å². The van der Waals surface area contributed by atoms with Crippen LogP contribution in [0, 0.1) is 11.8 Å². The minimum Gasteiger partial charge on any atom is -0.449 e. The normalized spacial score (nSPS) is 18.8. The van der Waals surface area contributed by atoms with Gasteiger partial charge in [0.25, 0.3) is 0 Å². The second kappa shape index (κ2) is 9.15. The van der Waals surface area contributed by atoms with Crippen molar-refractivity contribution in [1.82, 2.24) is 9.78 Å². The summed E-state index contributed by atoms with van der Waals surface area (Å²) in [7, 11) is 0. The Morgan fingerprint density at radius 3 is 2.40 bits per heavy atom. The maximum absolute atomic E-state index is 13.4. The second-order valence-corrected chi connectivity index (χ2v) is 8.18. The lowest BCUT2D eigenvalue weighted by molar-refractivity contribution is -0.124. The number of carboxylic acid groups (broad SMARTS) is 1. The first-order chi connectivity index (χ1) is 14.3. The molecular weight excluding hydrogens is 382 g/mol. The van der Waals surface area contributed by atoms with Crippen LogP contribution in [0.25, 0.3) is 11.8 Å². The highest BCUT2D eigenvalue weighted by atomic mass is 16.7. The summed E-state index contributed by atoms with van der Waals surface area (Å²) in [5.41, 5.74) is 1.68. The van der Waals surface area contributed by atoms with Crippen LogP contribution in [0.15, 0.2) is 37.0 Å². The van der Waals surface area contributed by atoms with E-state index < -0.39 is 6.16 Å². The predicted octanol–water partition coefficient (Wildman–Crippen LogP) is 5.14. The Labute approximate surface area is 177 Å². The van der Waals surface area contributed by atoms with Crippen molar-refractivity contribution in [3.63, 3.8) is 0 Å². The van der Waals surface area contributed by atoms with Crippen molar-refractivity contribution in [2.75, 3.05) is 4.90 Å². The van der Waals surface area contributed by atoms with Crippen LogP contribution in [0.3, 0.4) is 0 Å². The third-order valence-electron chi connectivity index (χ3n) is 5.60. The number of aromatic nitrogens is 2. The summed E-state index contributed by atoms with van der Waals surface area (Å²) in [5, 5.41) is 13.8. The van der Waals surface area contributed by atoms with Crippen LogP contribution in [-0.4, -0.2) is 33.0 Å². The minimum absolute atomic E-state index is 0.0283. The number of ether oxygens (including phenoxy) is 1. The molecule has 1 amide bonds. The van der Waals surface area contributed by atoms with Gasteiger partial charge >= 0.3 is 6.16 Å². The molecule has 1 heterocycles. The molecular formula is C23H29N3O4. The Morgan fingerprint density at radius 1 is 1.23 bits per heavy atom. The number of rotatable bonds is 6. The Morgan fingerprint density at radius 2 is 1.87 bits per heavy atom. The van der Waals surface area contributed by atoms with E-state index >= 15 is 0 Å². The van der Waals surface area contributed by atoms with Crippen LogP contribution in [-0.2, 0) is 4.79 Å². The molecule has 0 unspecified atom stereocenters. The van der Waals surface area contributed by atoms with Gasteiger partial charge in [-0.1, -0.05) is 31.7 Å². The molecule has 1 fully saturated rings. The number of anilines is 1. The van der Waals surface area contributed by atoms with Gasteiger partial charge in [0, 0.05) is 12.0 Å². The third-order valence-corrected chi connectivity index (χ3v) is 5.60. The van der Waals surface area contributed by atoms with E-state index in [1.807, 2.05) is 38.1 Å². The fourth-order valence-electron chi connectivity index (χ4n) is 3.88. The standard InChI is InChI=1S/C23H29N3O4/c1-5-17-8-12-19(13-9-17)25-14-20(30-23(28)29)21(24-25)26(15(2)3)22(27)18-10-6-16(4)7-11-18/h5,8-9,12-16,18H,1,6-7,10-11H2,2-4H3,(H,28,29). The quantitative estimate of drug-likeness (QED) is 0.665. The van der Waals surface area contributed by atoms with Gasteiger partial charge in [0.15, 0.2) is 5.75 Å². The molecule has 0 atom stereocenters. The van der Waals surface area contributed by atoms with E-state index in [0.29, 0.717) is 5.92 Å². The zero-order valence-electron chi connectivity index (χ0n) is 17.7. The van der Waals surface area contributed by atoms with Gasteiger partial charge in [-0.05, 0) is 63.1 Å². The Bertz CT molecular complexity index is 909. The van der Waals surface area contributed by atoms with Crippen molar-refractivity contribution < 1.29 is 19.4 Å². The highest BCUT2D eigenvalue weighted by Gasteiger charge is 2.34. The topological polar surface area (TPSA) is 84.7 Å². The van der Waals surface area contributed by atoms with Crippen molar-refractivity contribution in [3.8, 4) is 11.4 Å². The lowest BCUT2D eigenvalue weighted by Gasteiger charge is -2.32. The van der Waals surface area contributed by atoms with E-state index in [1.54, 1.807) is 11.0 Å². The summed E-state index contributed by atoms with van der Waals surface area (Å²) in [6.07, 6.45) is 5.50. The van der Waals surface area contributed by atoms with E-state index in [1.165, 1.54) is 10.9 Å². The average Bonchev–Trinajstić information content (AvgIpc) is 3.11. The molecule has 30 heavy (non-hydrogen) atoms. The number of nitrogens with zero attached hydrogens (tertiary/aromatic N) is 3. The molecule has 0 radical (unpaired) electrons. The van der Waals surface area contributed by atoms with Crippen molar-refractivity contribution >= 4 is 24.0 Å². The van der Waals surface area contributed by atoms with Gasteiger partial charge in [0.2, 0.25) is 11.7 Å². The highest BCUT2D eigenvalue weighted by molar-refractivity contribution is 5.96. The first-order valence-electron chi connectivity index (χ1n) is 10.4. The zero-order chi connectivity index (χ0) is 21.8. The van der Waals surface area contributed by atoms with E-state index in [4.69, 9.17) is 4.74 Å². The average molecular weight is 412 g/mol. The molecule has 7 nitrogen and oxygen atoms in total. The van der Waals surface area contributed by atoms with Crippen LogP contribution >= 0.6 is 0 Å². The van der Waals surface area contributed by atoms with Gasteiger partial charge < -0.3 is 9.84 Å². The van der Waals surface area contributed by atoms with Crippen LogP contribution in [0.5, 0.6) is 5.75 Å². The lowest BCUT2D eigenvalue weighted by Crippen LogP contribution is -2.42. The van der Waals surface area contributed by atoms with Crippen LogP contribution < -0.4 is 9.64 Å². The number of carbonyl (C=O) groups is 2. The Balaban J connectivity index is 1.98. The minimum atomic E-state index is -1.44. The largest absolute Gasteiger partial charge is 0.511 e. The Hall–Kier alpha value is -3.09. The maximum Gasteiger partial charge on any atom is 0.511 e. The summed E-state index contributed by atoms with van der Waals surface area (Å²) >= 11 is 0. The number of benzene rings is 1. The predicted molar refractivity (Wildman–Crippen MR) is 116 cm³/mol. The molecule has 0 aliphatic heterocycles. The first-order valence-corrected chi connectivity index (χ1v) is 10.4. The molecule has 0 saturated heterocycles. The molecule has 1 aromatic carbocycles. The maximum atomic E-state index is 13.4. The molecule has 1 aliphatic rings. The second-order valence-electron chi connectivity index (χ2n) is 8.18. The van der Waals surface area contributed by atoms with Gasteiger partial charge in [-0.3, -0.25) is 9.69 Å². The lowest BCUT2D eigenvalue weighted by atomic mass is 9.82. The van der Waals surface area contributed by atoms with E-state index in [-0.39, 0.29) is 29.4 Å². The summed E-state index contributed by atoms with van der Waals surface area (Å²) in [4.78, 5) is 26.2. The fourth-order valence-corrected chi connectivity index (χ4v) is 3.88. The molecule has 2 aromatic rings. The SMILES string of the molecule is C=Cc1ccc(-n2cc(OC(=O)O)c(N(C(=O)C3CCC(C)CC3)C(C)C)n2)cc1. The van der Waals surface area contributed by atoms with E-state index in [0.717, 1.165) is 36.9 Å². The molecule has 7 heteroatoms. The van der Waals surface area contributed by atoms with Crippen molar-refractivity contribution in [1.29, 1.82) is 0 Å². The summed E-state index contributed by atoms with van der Waals surface area (Å²) in [6.45, 7) is 9.74. The molecule has 1 saturated carbocycles. The van der Waals surface area contributed by atoms with Gasteiger partial charge in [0.05, 0.1) is 11.9 Å². The van der Waals surface area contributed by atoms with Crippen LogP contribution in [0.2, 0.25) is 0 Å². The monoisotopic (exact) mass is 411 g/mol.